The van der Waals surface area contributed by atoms with Gasteiger partial charge in [0.2, 0.25) is 0 Å². The summed E-state index contributed by atoms with van der Waals surface area (Å²) in [5.74, 6) is 0.264. The van der Waals surface area contributed by atoms with Crippen molar-refractivity contribution < 1.29 is 13.6 Å². The van der Waals surface area contributed by atoms with Crippen molar-refractivity contribution in [3.05, 3.63) is 95.2 Å². The molecule has 2 aromatic carbocycles. The fraction of sp³-hybridized carbons (Fsp3) is 0.150. The van der Waals surface area contributed by atoms with E-state index in [2.05, 4.69) is 0 Å². The Morgan fingerprint density at radius 2 is 1.88 bits per heavy atom. The fourth-order valence-electron chi connectivity index (χ4n) is 2.61. The molecule has 122 valence electrons. The van der Waals surface area contributed by atoms with Crippen LogP contribution in [0.2, 0.25) is 0 Å². The molecule has 3 aromatic rings. The second kappa shape index (κ2) is 7.13. The molecule has 1 aromatic heterocycles. The molecule has 0 spiro atoms. The van der Waals surface area contributed by atoms with Gasteiger partial charge >= 0.3 is 0 Å². The Kier molecular flexibility index (Phi) is 4.75. The molecule has 0 saturated heterocycles. The summed E-state index contributed by atoms with van der Waals surface area (Å²) in [5, 5.41) is 0. The van der Waals surface area contributed by atoms with E-state index in [0.717, 1.165) is 11.1 Å². The molecule has 3 rings (SSSR count). The third kappa shape index (κ3) is 3.90. The highest BCUT2D eigenvalue weighted by molar-refractivity contribution is 5.94. The lowest BCUT2D eigenvalue weighted by Crippen LogP contribution is -2.30. The highest BCUT2D eigenvalue weighted by atomic mass is 19.1. The monoisotopic (exact) mass is 323 g/mol. The van der Waals surface area contributed by atoms with E-state index < -0.39 is 0 Å². The maximum Gasteiger partial charge on any atom is 0.254 e. The molecular formula is C20H18FNO2. The van der Waals surface area contributed by atoms with E-state index in [-0.39, 0.29) is 11.7 Å². The lowest BCUT2D eigenvalue weighted by atomic mass is 10.1. The number of carbonyl (C=O) groups is 1. The molecule has 1 heterocycles. The molecule has 0 saturated carbocycles. The molecule has 0 bridgehead atoms. The van der Waals surface area contributed by atoms with Crippen LogP contribution in [0.5, 0.6) is 0 Å². The standard InChI is InChI=1S/C20H18FNO2/c1-15-5-2-7-17(11-15)20(23)22(14-19-9-4-10-24-19)13-16-6-3-8-18(21)12-16/h2-12H,13-14H2,1H3. The van der Waals surface area contributed by atoms with Gasteiger partial charge in [0.1, 0.15) is 11.6 Å². The van der Waals surface area contributed by atoms with Crippen molar-refractivity contribution in [3.63, 3.8) is 0 Å². The van der Waals surface area contributed by atoms with Gasteiger partial charge in [-0.05, 0) is 48.9 Å². The largest absolute Gasteiger partial charge is 0.467 e. The van der Waals surface area contributed by atoms with Crippen LogP contribution in [0.1, 0.15) is 27.2 Å². The average molecular weight is 323 g/mol. The van der Waals surface area contributed by atoms with Crippen molar-refractivity contribution in [1.82, 2.24) is 4.90 Å². The number of aryl methyl sites for hydroxylation is 1. The van der Waals surface area contributed by atoms with Crippen molar-refractivity contribution >= 4 is 5.91 Å². The number of rotatable bonds is 5. The maximum absolute atomic E-state index is 13.4. The van der Waals surface area contributed by atoms with E-state index in [4.69, 9.17) is 4.42 Å². The van der Waals surface area contributed by atoms with Gasteiger partial charge in [-0.2, -0.15) is 0 Å². The molecule has 0 N–H and O–H groups in total. The van der Waals surface area contributed by atoms with Crippen LogP contribution in [-0.4, -0.2) is 10.8 Å². The van der Waals surface area contributed by atoms with Gasteiger partial charge in [0.05, 0.1) is 12.8 Å². The highest BCUT2D eigenvalue weighted by Gasteiger charge is 2.18. The number of carbonyl (C=O) groups excluding carboxylic acids is 1. The van der Waals surface area contributed by atoms with Crippen LogP contribution in [0, 0.1) is 12.7 Å². The molecule has 4 heteroatoms. The zero-order valence-corrected chi connectivity index (χ0v) is 13.4. The van der Waals surface area contributed by atoms with Crippen LogP contribution in [0.25, 0.3) is 0 Å². The number of amides is 1. The van der Waals surface area contributed by atoms with Gasteiger partial charge in [-0.15, -0.1) is 0 Å². The van der Waals surface area contributed by atoms with E-state index in [1.165, 1.54) is 12.1 Å². The second-order valence-corrected chi connectivity index (χ2v) is 5.74. The topological polar surface area (TPSA) is 33.5 Å². The molecule has 0 aliphatic carbocycles. The first-order chi connectivity index (χ1) is 11.6. The molecule has 24 heavy (non-hydrogen) atoms. The molecule has 3 nitrogen and oxygen atoms in total. The predicted molar refractivity (Wildman–Crippen MR) is 89.9 cm³/mol. The van der Waals surface area contributed by atoms with Crippen molar-refractivity contribution in [3.8, 4) is 0 Å². The van der Waals surface area contributed by atoms with Gasteiger partial charge in [-0.3, -0.25) is 4.79 Å². The van der Waals surface area contributed by atoms with E-state index >= 15 is 0 Å². The zero-order chi connectivity index (χ0) is 16.9. The molecule has 0 aliphatic rings. The summed E-state index contributed by atoms with van der Waals surface area (Å²) in [6.45, 7) is 2.59. The summed E-state index contributed by atoms with van der Waals surface area (Å²) in [7, 11) is 0. The fourth-order valence-corrected chi connectivity index (χ4v) is 2.61. The third-order valence-electron chi connectivity index (χ3n) is 3.74. The molecule has 0 unspecified atom stereocenters. The van der Waals surface area contributed by atoms with Crippen LogP contribution in [-0.2, 0) is 13.1 Å². The first-order valence-electron chi connectivity index (χ1n) is 7.74. The summed E-state index contributed by atoms with van der Waals surface area (Å²) < 4.78 is 18.8. The molecule has 0 atom stereocenters. The Bertz CT molecular complexity index is 827. The lowest BCUT2D eigenvalue weighted by molar-refractivity contribution is 0.0717. The van der Waals surface area contributed by atoms with Gasteiger partial charge in [-0.25, -0.2) is 4.39 Å². The Labute approximate surface area is 140 Å². The number of benzene rings is 2. The summed E-state index contributed by atoms with van der Waals surface area (Å²) >= 11 is 0. The molecule has 0 fully saturated rings. The minimum atomic E-state index is -0.312. The van der Waals surface area contributed by atoms with Crippen LogP contribution >= 0.6 is 0 Å². The minimum absolute atomic E-state index is 0.112. The van der Waals surface area contributed by atoms with Crippen molar-refractivity contribution in [2.24, 2.45) is 0 Å². The van der Waals surface area contributed by atoms with E-state index in [0.29, 0.717) is 24.4 Å². The molecule has 0 aliphatic heterocycles. The van der Waals surface area contributed by atoms with E-state index in [1.54, 1.807) is 29.4 Å². The maximum atomic E-state index is 13.4. The molecule has 1 amide bonds. The Morgan fingerprint density at radius 1 is 1.04 bits per heavy atom. The summed E-state index contributed by atoms with van der Waals surface area (Å²) in [4.78, 5) is 14.6. The van der Waals surface area contributed by atoms with Crippen LogP contribution in [0.4, 0.5) is 4.39 Å². The van der Waals surface area contributed by atoms with Crippen LogP contribution < -0.4 is 0 Å². The smallest absolute Gasteiger partial charge is 0.254 e. The number of hydrogen-bond acceptors (Lipinski definition) is 2. The lowest BCUT2D eigenvalue weighted by Gasteiger charge is -2.22. The van der Waals surface area contributed by atoms with Crippen LogP contribution in [0.3, 0.4) is 0 Å². The quantitative estimate of drug-likeness (QED) is 0.689. The Balaban J connectivity index is 1.87. The third-order valence-corrected chi connectivity index (χ3v) is 3.74. The zero-order valence-electron chi connectivity index (χ0n) is 13.4. The van der Waals surface area contributed by atoms with Crippen molar-refractivity contribution in [2.45, 2.75) is 20.0 Å². The van der Waals surface area contributed by atoms with Crippen LogP contribution in [0.15, 0.2) is 71.3 Å². The Morgan fingerprint density at radius 3 is 2.58 bits per heavy atom. The van der Waals surface area contributed by atoms with E-state index in [1.807, 2.05) is 37.3 Å². The number of hydrogen-bond donors (Lipinski definition) is 0. The van der Waals surface area contributed by atoms with E-state index in [9.17, 15) is 9.18 Å². The van der Waals surface area contributed by atoms with Gasteiger partial charge in [0, 0.05) is 12.1 Å². The number of furan rings is 1. The summed E-state index contributed by atoms with van der Waals surface area (Å²) in [5.41, 5.74) is 2.37. The predicted octanol–water partition coefficient (Wildman–Crippen LogP) is 4.57. The van der Waals surface area contributed by atoms with Crippen molar-refractivity contribution in [1.29, 1.82) is 0 Å². The first kappa shape index (κ1) is 16.0. The second-order valence-electron chi connectivity index (χ2n) is 5.74. The van der Waals surface area contributed by atoms with Gasteiger partial charge < -0.3 is 9.32 Å². The Hall–Kier alpha value is -2.88. The van der Waals surface area contributed by atoms with Gasteiger partial charge in [-0.1, -0.05) is 29.8 Å². The van der Waals surface area contributed by atoms with Gasteiger partial charge in [0.25, 0.3) is 5.91 Å². The SMILES string of the molecule is Cc1cccc(C(=O)N(Cc2cccc(F)c2)Cc2ccco2)c1. The molecule has 0 radical (unpaired) electrons. The average Bonchev–Trinajstić information content (AvgIpc) is 3.07. The molecular weight excluding hydrogens is 305 g/mol. The van der Waals surface area contributed by atoms with Gasteiger partial charge in [0.15, 0.2) is 0 Å². The van der Waals surface area contributed by atoms with Crippen molar-refractivity contribution in [2.75, 3.05) is 0 Å². The first-order valence-corrected chi connectivity index (χ1v) is 7.74. The number of nitrogens with zero attached hydrogens (tertiary/aromatic N) is 1. The summed E-state index contributed by atoms with van der Waals surface area (Å²) in [6, 6.07) is 17.3. The minimum Gasteiger partial charge on any atom is -0.467 e. The normalized spacial score (nSPS) is 10.6. The number of halogens is 1. The summed E-state index contributed by atoms with van der Waals surface area (Å²) in [6.07, 6.45) is 1.58. The highest BCUT2D eigenvalue weighted by Crippen LogP contribution is 2.16.